The second kappa shape index (κ2) is 5.73. The number of benzene rings is 2. The smallest absolute Gasteiger partial charge is 0.233 e. The summed E-state index contributed by atoms with van der Waals surface area (Å²) in [5.74, 6) is -0.214. The zero-order valence-corrected chi connectivity index (χ0v) is 13.1. The van der Waals surface area contributed by atoms with Gasteiger partial charge in [0, 0.05) is 18.6 Å². The fourth-order valence-electron chi connectivity index (χ4n) is 2.88. The number of halogens is 2. The molecule has 0 spiro atoms. The first kappa shape index (κ1) is 15.0. The second-order valence-corrected chi connectivity index (χ2v) is 6.32. The van der Waals surface area contributed by atoms with Crippen LogP contribution in [0.4, 0.5) is 4.39 Å². The summed E-state index contributed by atoms with van der Waals surface area (Å²) in [5.41, 5.74) is 1.31. The Morgan fingerprint density at radius 3 is 2.59 bits per heavy atom. The molecule has 2 nitrogen and oxygen atoms in total. The molecule has 0 heterocycles. The molecule has 1 amide bonds. The van der Waals surface area contributed by atoms with E-state index in [0.717, 1.165) is 24.0 Å². The van der Waals surface area contributed by atoms with E-state index in [4.69, 9.17) is 11.6 Å². The van der Waals surface area contributed by atoms with E-state index >= 15 is 0 Å². The maximum atomic E-state index is 13.3. The van der Waals surface area contributed by atoms with Gasteiger partial charge in [0.05, 0.1) is 5.41 Å². The van der Waals surface area contributed by atoms with E-state index in [0.29, 0.717) is 11.6 Å². The van der Waals surface area contributed by atoms with Gasteiger partial charge in [-0.15, -0.1) is 0 Å². The Morgan fingerprint density at radius 2 is 1.95 bits per heavy atom. The van der Waals surface area contributed by atoms with Gasteiger partial charge in [0.25, 0.3) is 0 Å². The van der Waals surface area contributed by atoms with Gasteiger partial charge in [-0.3, -0.25) is 4.79 Å². The van der Waals surface area contributed by atoms with Crippen LogP contribution in [0.25, 0.3) is 0 Å². The highest BCUT2D eigenvalue weighted by Gasteiger charge is 2.52. The van der Waals surface area contributed by atoms with Gasteiger partial charge in [0.1, 0.15) is 5.82 Å². The molecule has 0 saturated heterocycles. The number of likely N-dealkylation sites (N-methyl/N-ethyl adjacent to an activating group) is 1. The van der Waals surface area contributed by atoms with Crippen molar-refractivity contribution in [2.24, 2.45) is 0 Å². The summed E-state index contributed by atoms with van der Waals surface area (Å²) in [5, 5.41) is 0.643. The third kappa shape index (κ3) is 2.86. The largest absolute Gasteiger partial charge is 0.341 e. The van der Waals surface area contributed by atoms with Crippen LogP contribution < -0.4 is 0 Å². The lowest BCUT2D eigenvalue weighted by molar-refractivity contribution is -0.133. The molecule has 0 bridgehead atoms. The maximum absolute atomic E-state index is 13.3. The molecule has 0 radical (unpaired) electrons. The minimum atomic E-state index is -0.451. The Bertz CT molecular complexity index is 712. The molecule has 0 aromatic heterocycles. The first-order valence-corrected chi connectivity index (χ1v) is 7.65. The monoisotopic (exact) mass is 317 g/mol. The van der Waals surface area contributed by atoms with Gasteiger partial charge < -0.3 is 4.90 Å². The number of carbonyl (C=O) groups excluding carboxylic acids is 1. The fourth-order valence-corrected chi connectivity index (χ4v) is 3.07. The van der Waals surface area contributed by atoms with Gasteiger partial charge in [-0.1, -0.05) is 35.9 Å². The Labute approximate surface area is 134 Å². The molecule has 4 heteroatoms. The highest BCUT2D eigenvalue weighted by Crippen LogP contribution is 2.50. The third-order valence-electron chi connectivity index (χ3n) is 4.19. The molecule has 0 atom stereocenters. The van der Waals surface area contributed by atoms with Crippen molar-refractivity contribution in [2.45, 2.75) is 24.8 Å². The molecule has 0 unspecified atom stereocenters. The summed E-state index contributed by atoms with van der Waals surface area (Å²) < 4.78 is 13.3. The van der Waals surface area contributed by atoms with Crippen LogP contribution in [0.15, 0.2) is 48.5 Å². The van der Waals surface area contributed by atoms with Crippen molar-refractivity contribution in [3.63, 3.8) is 0 Å². The first-order chi connectivity index (χ1) is 10.5. The zero-order valence-electron chi connectivity index (χ0n) is 12.4. The van der Waals surface area contributed by atoms with Gasteiger partial charge in [-0.2, -0.15) is 0 Å². The average molecular weight is 318 g/mol. The van der Waals surface area contributed by atoms with Crippen molar-refractivity contribution >= 4 is 17.5 Å². The van der Waals surface area contributed by atoms with Crippen LogP contribution >= 0.6 is 11.6 Å². The summed E-state index contributed by atoms with van der Waals surface area (Å²) in [4.78, 5) is 14.5. The van der Waals surface area contributed by atoms with Crippen LogP contribution in [0.3, 0.4) is 0 Å². The van der Waals surface area contributed by atoms with E-state index in [9.17, 15) is 9.18 Å². The minimum absolute atomic E-state index is 0.0685. The molecule has 3 rings (SSSR count). The number of carbonyl (C=O) groups is 1. The van der Waals surface area contributed by atoms with Crippen LogP contribution in [-0.4, -0.2) is 17.9 Å². The van der Waals surface area contributed by atoms with Crippen molar-refractivity contribution in [1.29, 1.82) is 0 Å². The second-order valence-electron chi connectivity index (χ2n) is 5.88. The van der Waals surface area contributed by atoms with E-state index in [1.54, 1.807) is 18.0 Å². The van der Waals surface area contributed by atoms with Crippen molar-refractivity contribution in [3.05, 3.63) is 70.5 Å². The van der Waals surface area contributed by atoms with Crippen molar-refractivity contribution in [3.8, 4) is 0 Å². The standard InChI is InChI=1S/C18H17ClFNO/c1-21(12-13-4-2-7-16(20)10-13)17(22)18(8-9-18)14-5-3-6-15(19)11-14/h2-7,10-11H,8-9,12H2,1H3. The summed E-state index contributed by atoms with van der Waals surface area (Å²) in [6.45, 7) is 0.402. The lowest BCUT2D eigenvalue weighted by Gasteiger charge is -2.24. The average Bonchev–Trinajstić information content (AvgIpc) is 3.28. The topological polar surface area (TPSA) is 20.3 Å². The molecule has 1 saturated carbocycles. The molecule has 22 heavy (non-hydrogen) atoms. The molecular weight excluding hydrogens is 301 g/mol. The van der Waals surface area contributed by atoms with Crippen LogP contribution in [0.5, 0.6) is 0 Å². The summed E-state index contributed by atoms with van der Waals surface area (Å²) in [6.07, 6.45) is 1.67. The Morgan fingerprint density at radius 1 is 1.23 bits per heavy atom. The minimum Gasteiger partial charge on any atom is -0.341 e. The molecule has 1 aliphatic rings. The molecule has 2 aromatic carbocycles. The predicted molar refractivity (Wildman–Crippen MR) is 85.2 cm³/mol. The summed E-state index contributed by atoms with van der Waals surface area (Å²) in [7, 11) is 1.76. The number of rotatable bonds is 4. The molecule has 0 aliphatic heterocycles. The molecule has 1 fully saturated rings. The maximum Gasteiger partial charge on any atom is 0.233 e. The zero-order chi connectivity index (χ0) is 15.7. The fraction of sp³-hybridized carbons (Fsp3) is 0.278. The van der Waals surface area contributed by atoms with E-state index in [1.165, 1.54) is 12.1 Å². The van der Waals surface area contributed by atoms with Gasteiger partial charge in [0.15, 0.2) is 0 Å². The Balaban J connectivity index is 1.78. The van der Waals surface area contributed by atoms with Gasteiger partial charge in [-0.05, 0) is 48.2 Å². The lowest BCUT2D eigenvalue weighted by Crippen LogP contribution is -2.36. The SMILES string of the molecule is CN(Cc1cccc(F)c1)C(=O)C1(c2cccc(Cl)c2)CC1. The van der Waals surface area contributed by atoms with Crippen LogP contribution in [0.2, 0.25) is 5.02 Å². The molecule has 1 aliphatic carbocycles. The lowest BCUT2D eigenvalue weighted by atomic mass is 9.94. The molecule has 2 aromatic rings. The third-order valence-corrected chi connectivity index (χ3v) is 4.43. The molecular formula is C18H17ClFNO. The molecule has 114 valence electrons. The van der Waals surface area contributed by atoms with Crippen molar-refractivity contribution in [2.75, 3.05) is 7.05 Å². The summed E-state index contributed by atoms with van der Waals surface area (Å²) in [6, 6.07) is 13.8. The van der Waals surface area contributed by atoms with Crippen molar-refractivity contribution in [1.82, 2.24) is 4.90 Å². The first-order valence-electron chi connectivity index (χ1n) is 7.27. The van der Waals surface area contributed by atoms with Gasteiger partial charge in [0.2, 0.25) is 5.91 Å². The van der Waals surface area contributed by atoms with E-state index in [-0.39, 0.29) is 11.7 Å². The summed E-state index contributed by atoms with van der Waals surface area (Å²) >= 11 is 6.04. The van der Waals surface area contributed by atoms with Crippen LogP contribution in [-0.2, 0) is 16.8 Å². The Kier molecular flexibility index (Phi) is 3.92. The normalized spacial score (nSPS) is 15.4. The highest BCUT2D eigenvalue weighted by atomic mass is 35.5. The van der Waals surface area contributed by atoms with Gasteiger partial charge in [-0.25, -0.2) is 4.39 Å². The predicted octanol–water partition coefficient (Wildman–Crippen LogP) is 4.17. The van der Waals surface area contributed by atoms with E-state index in [2.05, 4.69) is 0 Å². The highest BCUT2D eigenvalue weighted by molar-refractivity contribution is 6.30. The van der Waals surface area contributed by atoms with Gasteiger partial charge >= 0.3 is 0 Å². The molecule has 0 N–H and O–H groups in total. The number of nitrogens with zero attached hydrogens (tertiary/aromatic N) is 1. The Hall–Kier alpha value is -1.87. The number of hydrogen-bond donors (Lipinski definition) is 0. The van der Waals surface area contributed by atoms with Crippen LogP contribution in [0.1, 0.15) is 24.0 Å². The quantitative estimate of drug-likeness (QED) is 0.829. The van der Waals surface area contributed by atoms with E-state index < -0.39 is 5.41 Å². The van der Waals surface area contributed by atoms with E-state index in [1.807, 2.05) is 30.3 Å². The van der Waals surface area contributed by atoms with Crippen LogP contribution in [0, 0.1) is 5.82 Å². The van der Waals surface area contributed by atoms with Crippen molar-refractivity contribution < 1.29 is 9.18 Å². The number of hydrogen-bond acceptors (Lipinski definition) is 1. The number of amides is 1.